The lowest BCUT2D eigenvalue weighted by Crippen LogP contribution is -2.58. The molecular weight excluding hydrogens is 485 g/mol. The van der Waals surface area contributed by atoms with Gasteiger partial charge in [0.15, 0.2) is 6.29 Å². The van der Waals surface area contributed by atoms with Crippen molar-refractivity contribution in [3.05, 3.63) is 0 Å². The summed E-state index contributed by atoms with van der Waals surface area (Å²) in [6.45, 7) is 16.8. The molecule has 36 heavy (non-hydrogen) atoms. The lowest BCUT2D eigenvalue weighted by Gasteiger charge is -2.44. The molecule has 0 saturated carbocycles. The van der Waals surface area contributed by atoms with Gasteiger partial charge < -0.3 is 28.6 Å². The maximum absolute atomic E-state index is 11.8. The summed E-state index contributed by atoms with van der Waals surface area (Å²) >= 11 is 0. The number of hydrogen-bond acceptors (Lipinski definition) is 9. The molecule has 0 radical (unpaired) electrons. The average Bonchev–Trinajstić information content (AvgIpc) is 2.78. The third-order valence-corrected chi connectivity index (χ3v) is 8.20. The van der Waals surface area contributed by atoms with Crippen LogP contribution >= 0.6 is 8.53 Å². The first-order chi connectivity index (χ1) is 17.0. The van der Waals surface area contributed by atoms with Gasteiger partial charge in [0.1, 0.15) is 6.61 Å². The molecule has 1 N–H and O–H groups in total. The van der Waals surface area contributed by atoms with E-state index in [1.807, 2.05) is 13.8 Å². The molecule has 11 heteroatoms. The maximum Gasteiger partial charge on any atom is 0.302 e. The third kappa shape index (κ3) is 11.4. The zero-order valence-electron chi connectivity index (χ0n) is 23.2. The van der Waals surface area contributed by atoms with E-state index in [2.05, 4.69) is 43.8 Å². The summed E-state index contributed by atoms with van der Waals surface area (Å²) < 4.78 is 31.6. The van der Waals surface area contributed by atoms with Gasteiger partial charge in [0.25, 0.3) is 8.53 Å². The maximum atomic E-state index is 11.8. The molecule has 1 saturated heterocycles. The van der Waals surface area contributed by atoms with Crippen molar-refractivity contribution in [2.24, 2.45) is 11.8 Å². The fraction of sp³-hybridized carbons (Fsp3) is 0.880. The van der Waals surface area contributed by atoms with Gasteiger partial charge in [-0.15, -0.1) is 0 Å². The molecule has 1 rings (SSSR count). The van der Waals surface area contributed by atoms with E-state index in [1.54, 1.807) is 0 Å². The summed E-state index contributed by atoms with van der Waals surface area (Å²) in [5.41, 5.74) is 0. The number of nitrogens with zero attached hydrogens (tertiary/aromatic N) is 2. The molecule has 0 aromatic carbocycles. The van der Waals surface area contributed by atoms with Crippen molar-refractivity contribution in [3.63, 3.8) is 0 Å². The molecule has 10 nitrogen and oxygen atoms in total. The highest BCUT2D eigenvalue weighted by Gasteiger charge is 2.42. The second kappa shape index (κ2) is 17.2. The highest BCUT2D eigenvalue weighted by atomic mass is 31.2. The highest BCUT2D eigenvalue weighted by Crippen LogP contribution is 2.46. The van der Waals surface area contributed by atoms with Crippen LogP contribution in [0.1, 0.15) is 74.7 Å². The summed E-state index contributed by atoms with van der Waals surface area (Å²) in [6, 6.07) is 2.31. The van der Waals surface area contributed by atoms with Crippen molar-refractivity contribution >= 4 is 20.4 Å². The normalized spacial score (nSPS) is 25.1. The fourth-order valence-corrected chi connectivity index (χ4v) is 5.75. The molecular formula is C25H46N3O7P. The standard InChI is InChI=1S/C25H46N3O7P/c1-17(2)28(18(3)4)36(34-15-11-12-26)33-14-10-9-13-31-25-24(27-21(7)29)20(6)19(5)23(35-25)16-32-22(8)30/h17-20,23-25H,9-11,13-16H2,1-8H3,(H,27,29)/t19-,20+,23?,24?,25-,36?/m1/s1. The number of nitrogens with one attached hydrogen (secondary N) is 1. The van der Waals surface area contributed by atoms with Gasteiger partial charge in [0.2, 0.25) is 5.91 Å². The Kier molecular flexibility index (Phi) is 15.6. The Balaban J connectivity index is 2.62. The van der Waals surface area contributed by atoms with E-state index in [4.69, 9.17) is 28.5 Å². The van der Waals surface area contributed by atoms with Crippen molar-refractivity contribution in [3.8, 4) is 6.07 Å². The van der Waals surface area contributed by atoms with E-state index >= 15 is 0 Å². The molecule has 1 heterocycles. The molecule has 1 fully saturated rings. The molecule has 1 aliphatic heterocycles. The van der Waals surface area contributed by atoms with Crippen LogP contribution in [0.3, 0.4) is 0 Å². The van der Waals surface area contributed by atoms with E-state index in [-0.39, 0.29) is 54.5 Å². The van der Waals surface area contributed by atoms with Gasteiger partial charge in [0, 0.05) is 32.5 Å². The average molecular weight is 532 g/mol. The van der Waals surface area contributed by atoms with Crippen molar-refractivity contribution in [1.29, 1.82) is 5.26 Å². The second-order valence-electron chi connectivity index (χ2n) is 9.75. The van der Waals surface area contributed by atoms with Crippen LogP contribution in [-0.4, -0.2) is 73.5 Å². The zero-order chi connectivity index (χ0) is 27.3. The smallest absolute Gasteiger partial charge is 0.302 e. The molecule has 0 spiro atoms. The van der Waals surface area contributed by atoms with Gasteiger partial charge in [-0.05, 0) is 52.4 Å². The molecule has 3 unspecified atom stereocenters. The highest BCUT2D eigenvalue weighted by molar-refractivity contribution is 7.44. The predicted octanol–water partition coefficient (Wildman–Crippen LogP) is 4.14. The summed E-state index contributed by atoms with van der Waals surface area (Å²) in [4.78, 5) is 23.1. The molecule has 208 valence electrons. The van der Waals surface area contributed by atoms with Crippen LogP contribution in [0.2, 0.25) is 0 Å². The Labute approximate surface area is 218 Å². The molecule has 0 aromatic heterocycles. The topological polar surface area (TPSA) is 119 Å². The number of esters is 1. The van der Waals surface area contributed by atoms with Gasteiger partial charge >= 0.3 is 5.97 Å². The Bertz CT molecular complexity index is 694. The largest absolute Gasteiger partial charge is 0.463 e. The van der Waals surface area contributed by atoms with E-state index < -0.39 is 14.8 Å². The minimum atomic E-state index is -1.26. The molecule has 0 bridgehead atoms. The van der Waals surface area contributed by atoms with Crippen LogP contribution in [0.25, 0.3) is 0 Å². The summed E-state index contributed by atoms with van der Waals surface area (Å²) in [5.74, 6) is -0.360. The Hall–Kier alpha value is -1.34. The quantitative estimate of drug-likeness (QED) is 0.178. The number of rotatable bonds is 16. The number of carbonyl (C=O) groups excluding carboxylic acids is 2. The summed E-state index contributed by atoms with van der Waals surface area (Å²) in [5, 5.41) is 11.8. The first-order valence-corrected chi connectivity index (χ1v) is 14.0. The Morgan fingerprint density at radius 1 is 1.03 bits per heavy atom. The monoisotopic (exact) mass is 531 g/mol. The van der Waals surface area contributed by atoms with Crippen LogP contribution in [0.4, 0.5) is 0 Å². The van der Waals surface area contributed by atoms with Crippen LogP contribution in [-0.2, 0) is 32.8 Å². The van der Waals surface area contributed by atoms with E-state index in [9.17, 15) is 9.59 Å². The molecule has 1 aliphatic rings. The van der Waals surface area contributed by atoms with E-state index in [0.717, 1.165) is 12.8 Å². The van der Waals surface area contributed by atoms with Gasteiger partial charge in [-0.1, -0.05) is 13.8 Å². The van der Waals surface area contributed by atoms with Crippen molar-refractivity contribution in [2.45, 2.75) is 105 Å². The first-order valence-electron chi connectivity index (χ1n) is 12.9. The molecule has 6 atom stereocenters. The Morgan fingerprint density at radius 2 is 1.64 bits per heavy atom. The fourth-order valence-electron chi connectivity index (χ4n) is 4.12. The van der Waals surface area contributed by atoms with E-state index in [1.165, 1.54) is 13.8 Å². The van der Waals surface area contributed by atoms with Gasteiger partial charge in [-0.2, -0.15) is 5.26 Å². The number of ether oxygens (including phenoxy) is 3. The van der Waals surface area contributed by atoms with Crippen molar-refractivity contribution < 1.29 is 32.8 Å². The van der Waals surface area contributed by atoms with Crippen molar-refractivity contribution in [1.82, 2.24) is 9.99 Å². The molecule has 1 amide bonds. The minimum absolute atomic E-state index is 0.0691. The first kappa shape index (κ1) is 32.7. The predicted molar refractivity (Wildman–Crippen MR) is 138 cm³/mol. The summed E-state index contributed by atoms with van der Waals surface area (Å²) in [7, 11) is -1.26. The number of carbonyl (C=O) groups is 2. The van der Waals surface area contributed by atoms with Crippen LogP contribution < -0.4 is 5.32 Å². The minimum Gasteiger partial charge on any atom is -0.463 e. The number of amides is 1. The zero-order valence-corrected chi connectivity index (χ0v) is 24.1. The Morgan fingerprint density at radius 3 is 2.19 bits per heavy atom. The molecule has 0 aliphatic carbocycles. The third-order valence-electron chi connectivity index (χ3n) is 6.09. The lowest BCUT2D eigenvalue weighted by atomic mass is 9.82. The van der Waals surface area contributed by atoms with E-state index in [0.29, 0.717) is 26.2 Å². The van der Waals surface area contributed by atoms with Gasteiger partial charge in [0.05, 0.1) is 37.8 Å². The molecule has 0 aromatic rings. The van der Waals surface area contributed by atoms with Crippen molar-refractivity contribution in [2.75, 3.05) is 26.4 Å². The number of unbranched alkanes of at least 4 members (excludes halogenated alkanes) is 1. The second-order valence-corrected chi connectivity index (χ2v) is 11.2. The lowest BCUT2D eigenvalue weighted by molar-refractivity contribution is -0.244. The van der Waals surface area contributed by atoms with Crippen LogP contribution in [0.15, 0.2) is 0 Å². The van der Waals surface area contributed by atoms with Gasteiger partial charge in [-0.25, -0.2) is 4.67 Å². The summed E-state index contributed by atoms with van der Waals surface area (Å²) in [6.07, 6.45) is 0.868. The SMILES string of the molecule is CC(=O)NC1[C@H](OCCCCOP(OCCC#N)N(C(C)C)C(C)C)OC(COC(C)=O)[C@H](C)[C@@H]1C. The number of nitriles is 1. The van der Waals surface area contributed by atoms with Crippen LogP contribution in [0.5, 0.6) is 0 Å². The van der Waals surface area contributed by atoms with Crippen LogP contribution in [0, 0.1) is 23.2 Å². The number of hydrogen-bond donors (Lipinski definition) is 1. The van der Waals surface area contributed by atoms with Gasteiger partial charge in [-0.3, -0.25) is 9.59 Å².